The van der Waals surface area contributed by atoms with Crippen molar-refractivity contribution in [3.63, 3.8) is 0 Å². The molecule has 3 aliphatic heterocycles. The second-order valence-corrected chi connectivity index (χ2v) is 8.61. The zero-order valence-corrected chi connectivity index (χ0v) is 18.6. The van der Waals surface area contributed by atoms with E-state index in [1.165, 1.54) is 0 Å². The van der Waals surface area contributed by atoms with Gasteiger partial charge in [0.05, 0.1) is 19.1 Å². The third-order valence-corrected chi connectivity index (χ3v) is 6.47. The van der Waals surface area contributed by atoms with Gasteiger partial charge >= 0.3 is 0 Å². The first kappa shape index (κ1) is 22.5. The summed E-state index contributed by atoms with van der Waals surface area (Å²) in [6.45, 7) is 2.10. The van der Waals surface area contributed by atoms with Crippen molar-refractivity contribution in [3.8, 4) is 12.1 Å². The van der Waals surface area contributed by atoms with Crippen LogP contribution in [0.25, 0.3) is 0 Å². The summed E-state index contributed by atoms with van der Waals surface area (Å²) < 4.78 is 5.24. The van der Waals surface area contributed by atoms with Crippen molar-refractivity contribution in [1.82, 2.24) is 20.4 Å². The van der Waals surface area contributed by atoms with E-state index in [0.717, 1.165) is 62.0 Å². The van der Waals surface area contributed by atoms with E-state index < -0.39 is 6.04 Å². The molecule has 0 aromatic rings. The van der Waals surface area contributed by atoms with Gasteiger partial charge in [0.1, 0.15) is 24.0 Å². The first-order valence-electron chi connectivity index (χ1n) is 11.5. The molecule has 2 N–H and O–H groups in total. The molecule has 1 atom stereocenters. The number of allylic oxidation sites excluding steroid dienone is 5. The highest BCUT2D eigenvalue weighted by atomic mass is 16.5. The Bertz CT molecular complexity index is 1000. The van der Waals surface area contributed by atoms with E-state index in [2.05, 4.69) is 10.6 Å². The maximum atomic E-state index is 13.3. The van der Waals surface area contributed by atoms with Gasteiger partial charge in [0.2, 0.25) is 11.8 Å². The molecule has 0 unspecified atom stereocenters. The minimum Gasteiger partial charge on any atom is -0.472 e. The Morgan fingerprint density at radius 1 is 1.12 bits per heavy atom. The molecule has 9 nitrogen and oxygen atoms in total. The quantitative estimate of drug-likeness (QED) is 0.595. The van der Waals surface area contributed by atoms with Crippen molar-refractivity contribution >= 4 is 11.8 Å². The fourth-order valence-electron chi connectivity index (χ4n) is 4.67. The van der Waals surface area contributed by atoms with Gasteiger partial charge in [0.15, 0.2) is 5.57 Å². The highest BCUT2D eigenvalue weighted by molar-refractivity contribution is 5.88. The van der Waals surface area contributed by atoms with E-state index >= 15 is 0 Å². The minimum atomic E-state index is -0.620. The van der Waals surface area contributed by atoms with Crippen molar-refractivity contribution < 1.29 is 14.3 Å². The van der Waals surface area contributed by atoms with Crippen LogP contribution in [0.2, 0.25) is 0 Å². The van der Waals surface area contributed by atoms with E-state index in [-0.39, 0.29) is 29.8 Å². The van der Waals surface area contributed by atoms with Crippen molar-refractivity contribution in [2.75, 3.05) is 26.2 Å². The number of nitrogens with zero attached hydrogens (tertiary/aromatic N) is 4. The number of hydrogen-bond donors (Lipinski definition) is 2. The second kappa shape index (κ2) is 10.3. The van der Waals surface area contributed by atoms with Crippen LogP contribution in [0.1, 0.15) is 44.9 Å². The second-order valence-electron chi connectivity index (χ2n) is 8.61. The molecular formula is C24H28N6O3. The number of ether oxygens (including phenoxy) is 1. The third kappa shape index (κ3) is 5.04. The van der Waals surface area contributed by atoms with Gasteiger partial charge in [-0.3, -0.25) is 9.59 Å². The predicted molar refractivity (Wildman–Crippen MR) is 119 cm³/mol. The molecule has 0 bridgehead atoms. The molecule has 4 rings (SSSR count). The Morgan fingerprint density at radius 2 is 1.88 bits per heavy atom. The standard InChI is InChI=1S/C24H28N6O3/c25-13-18(14-26)23(27-20-7-6-17-16-33-12-8-19(17)20)28-21-5-1-2-11-30(24(21)32)15-22(31)29-9-3-4-10-29/h8,12,16,21,27-28H,1-7,9-11,15H2/t21-/m0/s1. The van der Waals surface area contributed by atoms with E-state index in [1.54, 1.807) is 17.4 Å². The summed E-state index contributed by atoms with van der Waals surface area (Å²) in [6.07, 6.45) is 10.8. The number of hydrogen-bond acceptors (Lipinski definition) is 7. The average molecular weight is 449 g/mol. The lowest BCUT2D eigenvalue weighted by molar-refractivity contribution is -0.140. The van der Waals surface area contributed by atoms with Crippen LogP contribution in [0.4, 0.5) is 0 Å². The molecule has 172 valence electrons. The molecule has 0 saturated carbocycles. The van der Waals surface area contributed by atoms with Gasteiger partial charge in [0, 0.05) is 30.9 Å². The molecule has 2 saturated heterocycles. The molecule has 2 amide bonds. The molecule has 1 aliphatic carbocycles. The number of carbonyl (C=O) groups excluding carboxylic acids is 2. The van der Waals surface area contributed by atoms with Crippen molar-refractivity contribution in [1.29, 1.82) is 10.5 Å². The number of nitrogens with one attached hydrogen (secondary N) is 2. The fourth-order valence-corrected chi connectivity index (χ4v) is 4.67. The van der Waals surface area contributed by atoms with Crippen LogP contribution in [0.3, 0.4) is 0 Å². The van der Waals surface area contributed by atoms with Crippen LogP contribution in [0.15, 0.2) is 46.8 Å². The van der Waals surface area contributed by atoms with Gasteiger partial charge in [-0.1, -0.05) is 0 Å². The minimum absolute atomic E-state index is 0.0198. The summed E-state index contributed by atoms with van der Waals surface area (Å²) in [4.78, 5) is 29.4. The van der Waals surface area contributed by atoms with Crippen LogP contribution in [-0.2, 0) is 14.3 Å². The van der Waals surface area contributed by atoms with E-state index in [9.17, 15) is 20.1 Å². The average Bonchev–Trinajstić information content (AvgIpc) is 3.48. The van der Waals surface area contributed by atoms with Crippen molar-refractivity contribution in [3.05, 3.63) is 46.8 Å². The lowest BCUT2D eigenvalue weighted by atomic mass is 10.1. The smallest absolute Gasteiger partial charge is 0.245 e. The molecule has 9 heteroatoms. The molecule has 0 aromatic heterocycles. The van der Waals surface area contributed by atoms with Gasteiger partial charge in [-0.25, -0.2) is 0 Å². The van der Waals surface area contributed by atoms with Gasteiger partial charge in [-0.15, -0.1) is 0 Å². The number of rotatable bonds is 6. The van der Waals surface area contributed by atoms with Crippen LogP contribution in [-0.4, -0.2) is 53.8 Å². The van der Waals surface area contributed by atoms with Crippen molar-refractivity contribution in [2.45, 2.75) is 51.0 Å². The maximum Gasteiger partial charge on any atom is 0.245 e. The first-order valence-corrected chi connectivity index (χ1v) is 11.5. The number of fused-ring (bicyclic) bond motifs is 1. The lowest BCUT2D eigenvalue weighted by Gasteiger charge is -2.28. The molecular weight excluding hydrogens is 420 g/mol. The topological polar surface area (TPSA) is 121 Å². The Labute approximate surface area is 193 Å². The van der Waals surface area contributed by atoms with Crippen LogP contribution in [0.5, 0.6) is 0 Å². The summed E-state index contributed by atoms with van der Waals surface area (Å²) in [5.74, 6) is 0.0357. The lowest BCUT2D eigenvalue weighted by Crippen LogP contribution is -2.50. The third-order valence-electron chi connectivity index (χ3n) is 6.47. The molecule has 2 fully saturated rings. The molecule has 3 heterocycles. The summed E-state index contributed by atoms with van der Waals surface area (Å²) in [7, 11) is 0. The summed E-state index contributed by atoms with van der Waals surface area (Å²) in [5.41, 5.74) is 2.77. The monoisotopic (exact) mass is 448 g/mol. The molecule has 4 aliphatic rings. The van der Waals surface area contributed by atoms with Gasteiger partial charge in [-0.05, 0) is 56.6 Å². The van der Waals surface area contributed by atoms with E-state index in [1.807, 2.05) is 23.1 Å². The first-order chi connectivity index (χ1) is 16.1. The summed E-state index contributed by atoms with van der Waals surface area (Å²) in [5, 5.41) is 25.4. The summed E-state index contributed by atoms with van der Waals surface area (Å²) in [6, 6.07) is 3.23. The van der Waals surface area contributed by atoms with Crippen LogP contribution < -0.4 is 10.6 Å². The van der Waals surface area contributed by atoms with Crippen LogP contribution in [0, 0.1) is 22.7 Å². The zero-order valence-electron chi connectivity index (χ0n) is 18.6. The Morgan fingerprint density at radius 3 is 2.64 bits per heavy atom. The van der Waals surface area contributed by atoms with E-state index in [0.29, 0.717) is 19.4 Å². The highest BCUT2D eigenvalue weighted by Gasteiger charge is 2.31. The molecule has 33 heavy (non-hydrogen) atoms. The SMILES string of the molecule is N#CC(C#N)=C(NC1=C2C=COC=C2CC1)N[C@H]1CCCCN(CC(=O)N2CCCC2)C1=O. The molecule has 0 radical (unpaired) electrons. The van der Waals surface area contributed by atoms with E-state index in [4.69, 9.17) is 4.74 Å². The Kier molecular flexibility index (Phi) is 6.99. The van der Waals surface area contributed by atoms with Gasteiger partial charge in [0.25, 0.3) is 0 Å². The maximum absolute atomic E-state index is 13.3. The normalized spacial score (nSPS) is 21.9. The number of carbonyl (C=O) groups is 2. The molecule has 0 spiro atoms. The number of likely N-dealkylation sites (tertiary alicyclic amines) is 2. The Balaban J connectivity index is 1.51. The van der Waals surface area contributed by atoms with Gasteiger partial charge in [-0.2, -0.15) is 10.5 Å². The zero-order chi connectivity index (χ0) is 23.2. The number of amides is 2. The largest absolute Gasteiger partial charge is 0.472 e. The summed E-state index contributed by atoms with van der Waals surface area (Å²) >= 11 is 0. The van der Waals surface area contributed by atoms with Crippen molar-refractivity contribution in [2.24, 2.45) is 0 Å². The van der Waals surface area contributed by atoms with Crippen LogP contribution >= 0.6 is 0 Å². The fraction of sp³-hybridized carbons (Fsp3) is 0.500. The number of nitriles is 2. The molecule has 0 aromatic carbocycles. The Hall–Kier alpha value is -3.72. The predicted octanol–water partition coefficient (Wildman–Crippen LogP) is 1.90. The highest BCUT2D eigenvalue weighted by Crippen LogP contribution is 2.33. The van der Waals surface area contributed by atoms with Gasteiger partial charge < -0.3 is 25.2 Å².